The van der Waals surface area contributed by atoms with Gasteiger partial charge in [0.15, 0.2) is 0 Å². The Morgan fingerprint density at radius 2 is 2.00 bits per heavy atom. The van der Waals surface area contributed by atoms with Gasteiger partial charge in [-0.2, -0.15) is 13.2 Å². The minimum Gasteiger partial charge on any atom is -0.380 e. The molecule has 112 valence electrons. The Morgan fingerprint density at radius 3 is 2.67 bits per heavy atom. The maximum Gasteiger partial charge on any atom is 0.416 e. The van der Waals surface area contributed by atoms with Gasteiger partial charge in [0, 0.05) is 13.3 Å². The third kappa shape index (κ3) is 4.40. The standard InChI is InChI=1S/C13H11BrF3N3O/c1-21-7-8-4-10(14)19-12(5-8)20-11-6-9(2-3-18-11)13(15,16)17/h2-6H,7H2,1H3,(H,18,19,20). The van der Waals surface area contributed by atoms with Crippen molar-refractivity contribution >= 4 is 27.6 Å². The van der Waals surface area contributed by atoms with Crippen molar-refractivity contribution in [3.8, 4) is 0 Å². The summed E-state index contributed by atoms with van der Waals surface area (Å²) in [5.41, 5.74) is 0.0564. The van der Waals surface area contributed by atoms with Gasteiger partial charge in [0.05, 0.1) is 12.2 Å². The highest BCUT2D eigenvalue weighted by Gasteiger charge is 2.30. The molecular weight excluding hydrogens is 351 g/mol. The van der Waals surface area contributed by atoms with Crippen LogP contribution in [0, 0.1) is 0 Å². The Balaban J connectivity index is 2.26. The van der Waals surface area contributed by atoms with Gasteiger partial charge >= 0.3 is 6.18 Å². The summed E-state index contributed by atoms with van der Waals surface area (Å²) in [5, 5.41) is 2.75. The van der Waals surface area contributed by atoms with Gasteiger partial charge in [0.2, 0.25) is 0 Å². The molecule has 0 aliphatic heterocycles. The molecule has 1 N–H and O–H groups in total. The summed E-state index contributed by atoms with van der Waals surface area (Å²) >= 11 is 3.24. The molecule has 0 aliphatic carbocycles. The second-order valence-electron chi connectivity index (χ2n) is 4.17. The van der Waals surface area contributed by atoms with Crippen molar-refractivity contribution in [3.05, 3.63) is 46.2 Å². The Kier molecular flexibility index (Phi) is 4.79. The average molecular weight is 362 g/mol. The van der Waals surface area contributed by atoms with Crippen LogP contribution in [0.1, 0.15) is 11.1 Å². The summed E-state index contributed by atoms with van der Waals surface area (Å²) in [4.78, 5) is 7.99. The number of ether oxygens (including phenoxy) is 1. The van der Waals surface area contributed by atoms with E-state index in [-0.39, 0.29) is 5.82 Å². The number of rotatable bonds is 4. The number of alkyl halides is 3. The lowest BCUT2D eigenvalue weighted by Crippen LogP contribution is -2.06. The first kappa shape index (κ1) is 15.7. The summed E-state index contributed by atoms with van der Waals surface area (Å²) in [6, 6.07) is 5.28. The molecule has 0 aliphatic rings. The Labute approximate surface area is 127 Å². The summed E-state index contributed by atoms with van der Waals surface area (Å²) in [7, 11) is 1.55. The minimum atomic E-state index is -4.41. The van der Waals surface area contributed by atoms with Gasteiger partial charge in [-0.15, -0.1) is 0 Å². The molecule has 0 atom stereocenters. The second-order valence-corrected chi connectivity index (χ2v) is 4.98. The van der Waals surface area contributed by atoms with Crippen LogP contribution in [0.25, 0.3) is 0 Å². The lowest BCUT2D eigenvalue weighted by molar-refractivity contribution is -0.137. The van der Waals surface area contributed by atoms with Gasteiger partial charge in [0.25, 0.3) is 0 Å². The molecule has 21 heavy (non-hydrogen) atoms. The fraction of sp³-hybridized carbons (Fsp3) is 0.231. The minimum absolute atomic E-state index is 0.0683. The highest BCUT2D eigenvalue weighted by molar-refractivity contribution is 9.10. The van der Waals surface area contributed by atoms with E-state index in [1.807, 2.05) is 0 Å². The lowest BCUT2D eigenvalue weighted by atomic mass is 10.2. The topological polar surface area (TPSA) is 47.0 Å². The molecule has 2 aromatic rings. The van der Waals surface area contributed by atoms with Crippen molar-refractivity contribution < 1.29 is 17.9 Å². The fourth-order valence-electron chi connectivity index (χ4n) is 1.67. The quantitative estimate of drug-likeness (QED) is 0.831. The predicted molar refractivity (Wildman–Crippen MR) is 75.2 cm³/mol. The normalized spacial score (nSPS) is 11.5. The number of hydrogen-bond donors (Lipinski definition) is 1. The number of aromatic nitrogens is 2. The summed E-state index contributed by atoms with van der Waals surface area (Å²) in [6.45, 7) is 0.367. The van der Waals surface area contributed by atoms with Gasteiger partial charge in [-0.1, -0.05) is 0 Å². The number of halogens is 4. The van der Waals surface area contributed by atoms with Crippen LogP contribution < -0.4 is 5.32 Å². The Morgan fingerprint density at radius 1 is 1.24 bits per heavy atom. The molecule has 4 nitrogen and oxygen atoms in total. The molecule has 0 bridgehead atoms. The SMILES string of the molecule is COCc1cc(Br)nc(Nc2cc(C(F)(F)F)ccn2)c1. The van der Waals surface area contributed by atoms with Crippen molar-refractivity contribution in [2.45, 2.75) is 12.8 Å². The monoisotopic (exact) mass is 361 g/mol. The smallest absolute Gasteiger partial charge is 0.380 e. The summed E-state index contributed by atoms with van der Waals surface area (Å²) in [6.07, 6.45) is -3.31. The van der Waals surface area contributed by atoms with Crippen LogP contribution in [0.4, 0.5) is 24.8 Å². The van der Waals surface area contributed by atoms with E-state index < -0.39 is 11.7 Å². The number of pyridine rings is 2. The van der Waals surface area contributed by atoms with Crippen molar-refractivity contribution in [3.63, 3.8) is 0 Å². The Bertz CT molecular complexity index is 634. The van der Waals surface area contributed by atoms with Crippen LogP contribution in [-0.4, -0.2) is 17.1 Å². The molecule has 8 heteroatoms. The first-order valence-electron chi connectivity index (χ1n) is 5.84. The molecule has 2 rings (SSSR count). The highest BCUT2D eigenvalue weighted by Crippen LogP contribution is 2.30. The lowest BCUT2D eigenvalue weighted by Gasteiger charge is -2.10. The molecule has 2 aromatic heterocycles. The van der Waals surface area contributed by atoms with E-state index in [1.165, 1.54) is 0 Å². The van der Waals surface area contributed by atoms with E-state index in [9.17, 15) is 13.2 Å². The third-order valence-electron chi connectivity index (χ3n) is 2.51. The van der Waals surface area contributed by atoms with Crippen molar-refractivity contribution in [1.82, 2.24) is 9.97 Å². The number of anilines is 2. The average Bonchev–Trinajstić information content (AvgIpc) is 2.37. The first-order valence-corrected chi connectivity index (χ1v) is 6.63. The van der Waals surface area contributed by atoms with Crippen LogP contribution in [0.3, 0.4) is 0 Å². The second kappa shape index (κ2) is 6.40. The van der Waals surface area contributed by atoms with E-state index in [0.29, 0.717) is 17.0 Å². The largest absolute Gasteiger partial charge is 0.416 e. The van der Waals surface area contributed by atoms with Gasteiger partial charge in [0.1, 0.15) is 16.2 Å². The number of nitrogens with one attached hydrogen (secondary N) is 1. The molecule has 0 aromatic carbocycles. The van der Waals surface area contributed by atoms with Crippen LogP contribution in [0.5, 0.6) is 0 Å². The summed E-state index contributed by atoms with van der Waals surface area (Å²) in [5.74, 6) is 0.446. The van der Waals surface area contributed by atoms with E-state index in [1.54, 1.807) is 19.2 Å². The first-order chi connectivity index (χ1) is 9.88. The zero-order chi connectivity index (χ0) is 15.5. The van der Waals surface area contributed by atoms with Gasteiger partial charge < -0.3 is 10.1 Å². The zero-order valence-electron chi connectivity index (χ0n) is 10.9. The van der Waals surface area contributed by atoms with Crippen molar-refractivity contribution in [2.24, 2.45) is 0 Å². The molecule has 0 fully saturated rings. The van der Waals surface area contributed by atoms with Crippen LogP contribution in [0.2, 0.25) is 0 Å². The zero-order valence-corrected chi connectivity index (χ0v) is 12.5. The van der Waals surface area contributed by atoms with Crippen molar-refractivity contribution in [2.75, 3.05) is 12.4 Å². The molecular formula is C13H11BrF3N3O. The maximum absolute atomic E-state index is 12.6. The van der Waals surface area contributed by atoms with Gasteiger partial charge in [-0.25, -0.2) is 9.97 Å². The fourth-order valence-corrected chi connectivity index (χ4v) is 2.16. The van der Waals surface area contributed by atoms with Crippen LogP contribution >= 0.6 is 15.9 Å². The molecule has 0 saturated carbocycles. The Hall–Kier alpha value is -1.67. The highest BCUT2D eigenvalue weighted by atomic mass is 79.9. The van der Waals surface area contributed by atoms with E-state index in [4.69, 9.17) is 4.74 Å². The molecule has 0 spiro atoms. The third-order valence-corrected chi connectivity index (χ3v) is 2.91. The number of methoxy groups -OCH3 is 1. The van der Waals surface area contributed by atoms with Crippen molar-refractivity contribution in [1.29, 1.82) is 0 Å². The van der Waals surface area contributed by atoms with Crippen LogP contribution in [-0.2, 0) is 17.5 Å². The molecule has 0 unspecified atom stereocenters. The number of hydrogen-bond acceptors (Lipinski definition) is 4. The van der Waals surface area contributed by atoms with E-state index in [0.717, 1.165) is 23.9 Å². The van der Waals surface area contributed by atoms with Gasteiger partial charge in [-0.3, -0.25) is 0 Å². The van der Waals surface area contributed by atoms with Gasteiger partial charge in [-0.05, 0) is 45.8 Å². The molecule has 0 radical (unpaired) electrons. The molecule has 0 amide bonds. The predicted octanol–water partition coefficient (Wildman–Crippen LogP) is 4.15. The van der Waals surface area contributed by atoms with Crippen LogP contribution in [0.15, 0.2) is 35.1 Å². The molecule has 2 heterocycles. The maximum atomic E-state index is 12.6. The summed E-state index contributed by atoms with van der Waals surface area (Å²) < 4.78 is 43.5. The number of nitrogens with zero attached hydrogens (tertiary/aromatic N) is 2. The van der Waals surface area contributed by atoms with E-state index in [2.05, 4.69) is 31.2 Å². The molecule has 0 saturated heterocycles. The van der Waals surface area contributed by atoms with E-state index >= 15 is 0 Å².